The Morgan fingerprint density at radius 3 is 2.67 bits per heavy atom. The molecule has 0 spiro atoms. The maximum atomic E-state index is 13.4. The number of pyridine rings is 1. The van der Waals surface area contributed by atoms with Crippen LogP contribution in [0.4, 0.5) is 5.82 Å². The molecular weight excluding hydrogens is 346 g/mol. The number of anilines is 1. The average molecular weight is 365 g/mol. The summed E-state index contributed by atoms with van der Waals surface area (Å²) < 4.78 is 11.3. The summed E-state index contributed by atoms with van der Waals surface area (Å²) in [5.74, 6) is 0.667. The van der Waals surface area contributed by atoms with Gasteiger partial charge in [-0.1, -0.05) is 11.6 Å². The Bertz CT molecular complexity index is 949. The second-order valence-corrected chi connectivity index (χ2v) is 7.31. The predicted molar refractivity (Wildman–Crippen MR) is 94.6 cm³/mol. The van der Waals surface area contributed by atoms with Crippen LogP contribution in [0.2, 0.25) is 0 Å². The van der Waals surface area contributed by atoms with Crippen LogP contribution < -0.4 is 4.90 Å². The number of ketones is 1. The molecule has 0 saturated heterocycles. The maximum absolute atomic E-state index is 13.4. The smallest absolute Gasteiger partial charge is 0.295 e. The summed E-state index contributed by atoms with van der Waals surface area (Å²) >= 11 is 0. The molecule has 7 heteroatoms. The fourth-order valence-electron chi connectivity index (χ4n) is 4.41. The highest BCUT2D eigenvalue weighted by molar-refractivity contribution is 6.17. The van der Waals surface area contributed by atoms with E-state index in [1.54, 1.807) is 25.4 Å². The van der Waals surface area contributed by atoms with Gasteiger partial charge in [-0.2, -0.15) is 0 Å². The van der Waals surface area contributed by atoms with Crippen LogP contribution in [-0.4, -0.2) is 27.9 Å². The fraction of sp³-hybridized carbons (Fsp3) is 0.400. The normalized spacial score (nSPS) is 27.4. The third-order valence-corrected chi connectivity index (χ3v) is 5.65. The SMILES string of the molecule is Cc1cc(N2C(=O)C3=C(C(=O)C4CCCCC4O3)C2c2ccncc2)no1. The van der Waals surface area contributed by atoms with Crippen molar-refractivity contribution in [2.24, 2.45) is 5.92 Å². The number of amides is 1. The number of nitrogens with zero attached hydrogens (tertiary/aromatic N) is 3. The number of Topliss-reactive ketones (excluding diaryl/α,β-unsaturated/α-hetero) is 1. The first-order valence-electron chi connectivity index (χ1n) is 9.27. The third kappa shape index (κ3) is 2.41. The molecule has 1 fully saturated rings. The van der Waals surface area contributed by atoms with Crippen molar-refractivity contribution in [3.63, 3.8) is 0 Å². The van der Waals surface area contributed by atoms with Gasteiger partial charge in [-0.15, -0.1) is 0 Å². The van der Waals surface area contributed by atoms with Crippen molar-refractivity contribution in [3.8, 4) is 0 Å². The van der Waals surface area contributed by atoms with Gasteiger partial charge in [0, 0.05) is 18.5 Å². The first kappa shape index (κ1) is 16.2. The molecule has 2 aliphatic heterocycles. The summed E-state index contributed by atoms with van der Waals surface area (Å²) in [7, 11) is 0. The number of rotatable bonds is 2. The van der Waals surface area contributed by atoms with Crippen LogP contribution in [0, 0.1) is 12.8 Å². The monoisotopic (exact) mass is 365 g/mol. The predicted octanol–water partition coefficient (Wildman–Crippen LogP) is 2.88. The standard InChI is InChI=1S/C20H19N3O4/c1-11-10-15(22-27-11)23-17(12-6-8-21-9-7-12)16-18(24)13-4-2-3-5-14(13)26-19(16)20(23)25/h6-10,13-14,17H,2-5H2,1H3. The summed E-state index contributed by atoms with van der Waals surface area (Å²) in [6, 6.07) is 4.75. The third-order valence-electron chi connectivity index (χ3n) is 5.65. The van der Waals surface area contributed by atoms with Gasteiger partial charge >= 0.3 is 0 Å². The minimum absolute atomic E-state index is 0.0267. The molecule has 2 aromatic rings. The van der Waals surface area contributed by atoms with E-state index in [1.807, 2.05) is 12.1 Å². The van der Waals surface area contributed by atoms with Crippen LogP contribution in [-0.2, 0) is 14.3 Å². The Hall–Kier alpha value is -2.96. The van der Waals surface area contributed by atoms with E-state index in [0.717, 1.165) is 31.2 Å². The summed E-state index contributed by atoms with van der Waals surface area (Å²) in [6.45, 7) is 1.77. The van der Waals surface area contributed by atoms with E-state index in [-0.39, 0.29) is 29.5 Å². The molecule has 2 aromatic heterocycles. The quantitative estimate of drug-likeness (QED) is 0.813. The van der Waals surface area contributed by atoms with Crippen LogP contribution in [0.5, 0.6) is 0 Å². The molecule has 27 heavy (non-hydrogen) atoms. The summed E-state index contributed by atoms with van der Waals surface area (Å²) in [5.41, 5.74) is 1.24. The number of aryl methyl sites for hydroxylation is 1. The van der Waals surface area contributed by atoms with Crippen LogP contribution >= 0.6 is 0 Å². The topological polar surface area (TPSA) is 85.5 Å². The van der Waals surface area contributed by atoms with E-state index in [2.05, 4.69) is 10.1 Å². The van der Waals surface area contributed by atoms with E-state index in [0.29, 0.717) is 17.2 Å². The number of hydrogen-bond donors (Lipinski definition) is 0. The lowest BCUT2D eigenvalue weighted by atomic mass is 9.77. The lowest BCUT2D eigenvalue weighted by Crippen LogP contribution is -2.39. The van der Waals surface area contributed by atoms with E-state index >= 15 is 0 Å². The molecule has 1 saturated carbocycles. The van der Waals surface area contributed by atoms with Crippen molar-refractivity contribution in [3.05, 3.63) is 53.2 Å². The maximum Gasteiger partial charge on any atom is 0.295 e. The van der Waals surface area contributed by atoms with Gasteiger partial charge in [0.15, 0.2) is 17.4 Å². The fourth-order valence-corrected chi connectivity index (χ4v) is 4.41. The van der Waals surface area contributed by atoms with Crippen LogP contribution in [0.1, 0.15) is 43.0 Å². The lowest BCUT2D eigenvalue weighted by Gasteiger charge is -2.35. The molecule has 5 rings (SSSR count). The number of aromatic nitrogens is 2. The molecule has 0 aromatic carbocycles. The largest absolute Gasteiger partial charge is 0.483 e. The molecule has 3 atom stereocenters. The number of hydrogen-bond acceptors (Lipinski definition) is 6. The number of ether oxygens (including phenoxy) is 1. The second kappa shape index (κ2) is 6.04. The molecule has 4 heterocycles. The molecule has 1 amide bonds. The Morgan fingerprint density at radius 1 is 1.15 bits per heavy atom. The highest BCUT2D eigenvalue weighted by Crippen LogP contribution is 2.47. The Labute approximate surface area is 156 Å². The van der Waals surface area contributed by atoms with E-state index in [4.69, 9.17) is 9.26 Å². The molecule has 1 aliphatic carbocycles. The van der Waals surface area contributed by atoms with Crippen molar-refractivity contribution >= 4 is 17.5 Å². The summed E-state index contributed by atoms with van der Waals surface area (Å²) in [4.78, 5) is 32.2. The molecule has 3 aliphatic rings. The summed E-state index contributed by atoms with van der Waals surface area (Å²) in [5, 5.41) is 4.02. The first-order valence-corrected chi connectivity index (χ1v) is 9.27. The van der Waals surface area contributed by atoms with Crippen LogP contribution in [0.15, 0.2) is 46.4 Å². The molecule has 0 bridgehead atoms. The van der Waals surface area contributed by atoms with E-state index in [1.165, 1.54) is 4.90 Å². The van der Waals surface area contributed by atoms with Crippen molar-refractivity contribution in [1.29, 1.82) is 0 Å². The molecule has 0 N–H and O–H groups in total. The number of carbonyl (C=O) groups is 2. The highest BCUT2D eigenvalue weighted by Gasteiger charge is 2.53. The molecule has 3 unspecified atom stereocenters. The minimum Gasteiger partial charge on any atom is -0.483 e. The first-order chi connectivity index (χ1) is 13.1. The van der Waals surface area contributed by atoms with Gasteiger partial charge in [0.05, 0.1) is 17.5 Å². The molecule has 138 valence electrons. The second-order valence-electron chi connectivity index (χ2n) is 7.31. The van der Waals surface area contributed by atoms with Gasteiger partial charge in [-0.25, -0.2) is 0 Å². The van der Waals surface area contributed by atoms with Gasteiger partial charge in [-0.05, 0) is 43.9 Å². The Morgan fingerprint density at radius 2 is 1.93 bits per heavy atom. The van der Waals surface area contributed by atoms with Gasteiger partial charge in [0.2, 0.25) is 0 Å². The number of carbonyl (C=O) groups excluding carboxylic acids is 2. The number of fused-ring (bicyclic) bond motifs is 1. The average Bonchev–Trinajstić information content (AvgIpc) is 3.24. The van der Waals surface area contributed by atoms with Crippen LogP contribution in [0.25, 0.3) is 0 Å². The van der Waals surface area contributed by atoms with Gasteiger partial charge in [0.1, 0.15) is 11.9 Å². The van der Waals surface area contributed by atoms with Crippen molar-refractivity contribution in [2.75, 3.05) is 4.90 Å². The van der Waals surface area contributed by atoms with Crippen molar-refractivity contribution in [1.82, 2.24) is 10.1 Å². The molecular formula is C20H19N3O4. The Balaban J connectivity index is 1.66. The van der Waals surface area contributed by atoms with Crippen molar-refractivity contribution < 1.29 is 18.8 Å². The van der Waals surface area contributed by atoms with Gasteiger partial charge < -0.3 is 9.26 Å². The van der Waals surface area contributed by atoms with E-state index < -0.39 is 6.04 Å². The Kier molecular flexibility index (Phi) is 3.63. The zero-order valence-corrected chi connectivity index (χ0v) is 14.9. The van der Waals surface area contributed by atoms with Gasteiger partial charge in [0.25, 0.3) is 5.91 Å². The van der Waals surface area contributed by atoms with E-state index in [9.17, 15) is 9.59 Å². The lowest BCUT2D eigenvalue weighted by molar-refractivity contribution is -0.131. The van der Waals surface area contributed by atoms with Crippen LogP contribution in [0.3, 0.4) is 0 Å². The highest BCUT2D eigenvalue weighted by atomic mass is 16.5. The van der Waals surface area contributed by atoms with Gasteiger partial charge in [-0.3, -0.25) is 19.5 Å². The molecule has 0 radical (unpaired) electrons. The summed E-state index contributed by atoms with van der Waals surface area (Å²) in [6.07, 6.45) is 6.75. The zero-order valence-electron chi connectivity index (χ0n) is 14.9. The minimum atomic E-state index is -0.574. The van der Waals surface area contributed by atoms with Crippen molar-refractivity contribution in [2.45, 2.75) is 44.8 Å². The molecule has 7 nitrogen and oxygen atoms in total. The zero-order chi connectivity index (χ0) is 18.5.